The van der Waals surface area contributed by atoms with Crippen LogP contribution in [0, 0.1) is 5.82 Å². The van der Waals surface area contributed by atoms with Crippen LogP contribution >= 0.6 is 0 Å². The van der Waals surface area contributed by atoms with Crippen molar-refractivity contribution in [2.45, 2.75) is 13.0 Å². The predicted molar refractivity (Wildman–Crippen MR) is 94.6 cm³/mol. The van der Waals surface area contributed by atoms with Crippen LogP contribution in [-0.2, 0) is 13.0 Å². The Morgan fingerprint density at radius 1 is 1.08 bits per heavy atom. The van der Waals surface area contributed by atoms with Gasteiger partial charge in [0.15, 0.2) is 0 Å². The highest BCUT2D eigenvalue weighted by atomic mass is 19.1. The number of carbonyl (C=O) groups excluding carboxylic acids is 1. The van der Waals surface area contributed by atoms with Gasteiger partial charge in [0.1, 0.15) is 5.82 Å². The first-order valence-electron chi connectivity index (χ1n) is 8.61. The van der Waals surface area contributed by atoms with Crippen LogP contribution in [0.15, 0.2) is 48.7 Å². The molecule has 0 aliphatic carbocycles. The van der Waals surface area contributed by atoms with E-state index in [1.807, 2.05) is 6.07 Å². The van der Waals surface area contributed by atoms with Gasteiger partial charge < -0.3 is 10.2 Å². The molecule has 0 bridgehead atoms. The van der Waals surface area contributed by atoms with Gasteiger partial charge in [-0.15, -0.1) is 0 Å². The first-order valence-corrected chi connectivity index (χ1v) is 8.61. The summed E-state index contributed by atoms with van der Waals surface area (Å²) in [6.45, 7) is 4.20. The van der Waals surface area contributed by atoms with Crippen molar-refractivity contribution in [2.75, 3.05) is 32.7 Å². The number of aromatic nitrogens is 1. The van der Waals surface area contributed by atoms with Gasteiger partial charge in [-0.25, -0.2) is 9.18 Å². The zero-order chi connectivity index (χ0) is 17.5. The van der Waals surface area contributed by atoms with Gasteiger partial charge in [-0.3, -0.25) is 9.88 Å². The number of carbonyl (C=O) groups is 1. The first-order chi connectivity index (χ1) is 12.2. The summed E-state index contributed by atoms with van der Waals surface area (Å²) in [6.07, 6.45) is 2.54. The molecule has 1 aromatic carbocycles. The van der Waals surface area contributed by atoms with Crippen molar-refractivity contribution >= 4 is 6.03 Å². The number of piperazine rings is 1. The molecule has 1 N–H and O–H groups in total. The molecule has 6 heteroatoms. The third-order valence-corrected chi connectivity index (χ3v) is 4.46. The molecule has 2 amide bonds. The molecule has 3 rings (SSSR count). The number of nitrogens with zero attached hydrogens (tertiary/aromatic N) is 3. The second-order valence-corrected chi connectivity index (χ2v) is 6.15. The van der Waals surface area contributed by atoms with Gasteiger partial charge in [0, 0.05) is 38.9 Å². The van der Waals surface area contributed by atoms with Gasteiger partial charge in [-0.2, -0.15) is 0 Å². The molecule has 1 fully saturated rings. The van der Waals surface area contributed by atoms with E-state index >= 15 is 0 Å². The molecule has 5 nitrogen and oxygen atoms in total. The highest BCUT2D eigenvalue weighted by Crippen LogP contribution is 2.07. The van der Waals surface area contributed by atoms with Crippen molar-refractivity contribution in [1.82, 2.24) is 20.1 Å². The number of rotatable bonds is 5. The maximum absolute atomic E-state index is 13.5. The van der Waals surface area contributed by atoms with E-state index in [0.29, 0.717) is 13.1 Å². The van der Waals surface area contributed by atoms with Gasteiger partial charge in [0.2, 0.25) is 0 Å². The molecule has 1 aliphatic rings. The molecule has 0 unspecified atom stereocenters. The van der Waals surface area contributed by atoms with E-state index in [4.69, 9.17) is 0 Å². The lowest BCUT2D eigenvalue weighted by Gasteiger charge is -2.34. The van der Waals surface area contributed by atoms with Gasteiger partial charge >= 0.3 is 6.03 Å². The summed E-state index contributed by atoms with van der Waals surface area (Å²) >= 11 is 0. The maximum atomic E-state index is 13.5. The average molecular weight is 342 g/mol. The minimum Gasteiger partial charge on any atom is -0.332 e. The third kappa shape index (κ3) is 5.00. The van der Waals surface area contributed by atoms with E-state index in [1.54, 1.807) is 4.90 Å². The lowest BCUT2D eigenvalue weighted by atomic mass is 10.1. The molecule has 0 spiro atoms. The maximum Gasteiger partial charge on any atom is 0.317 e. The topological polar surface area (TPSA) is 48.5 Å². The molecule has 1 aromatic heterocycles. The summed E-state index contributed by atoms with van der Waals surface area (Å²) in [5.74, 6) is -0.395. The Kier molecular flexibility index (Phi) is 5.95. The van der Waals surface area contributed by atoms with Crippen LogP contribution in [0.4, 0.5) is 9.18 Å². The lowest BCUT2D eigenvalue weighted by Crippen LogP contribution is -2.52. The van der Waals surface area contributed by atoms with Crippen molar-refractivity contribution < 1.29 is 9.18 Å². The van der Waals surface area contributed by atoms with Crippen molar-refractivity contribution in [3.8, 4) is 0 Å². The highest BCUT2D eigenvalue weighted by molar-refractivity contribution is 5.74. The van der Waals surface area contributed by atoms with Crippen LogP contribution in [0.5, 0.6) is 0 Å². The minimum absolute atomic E-state index is 0.111. The summed E-state index contributed by atoms with van der Waals surface area (Å²) < 4.78 is 13.5. The number of amides is 2. The second-order valence-electron chi connectivity index (χ2n) is 6.15. The SMILES string of the molecule is O=C(NCc1ncccc1F)N1CCN(CCc2ccccc2)CC1. The summed E-state index contributed by atoms with van der Waals surface area (Å²) in [5, 5.41) is 2.75. The number of halogens is 1. The summed E-state index contributed by atoms with van der Waals surface area (Å²) in [6, 6.07) is 13.1. The zero-order valence-corrected chi connectivity index (χ0v) is 14.2. The van der Waals surface area contributed by atoms with Crippen molar-refractivity contribution in [3.05, 3.63) is 65.7 Å². The monoisotopic (exact) mass is 342 g/mol. The van der Waals surface area contributed by atoms with Crippen molar-refractivity contribution in [1.29, 1.82) is 0 Å². The molecule has 0 radical (unpaired) electrons. The van der Waals surface area contributed by atoms with Gasteiger partial charge in [-0.1, -0.05) is 30.3 Å². The molecule has 2 aromatic rings. The van der Waals surface area contributed by atoms with Crippen molar-refractivity contribution in [3.63, 3.8) is 0 Å². The third-order valence-electron chi connectivity index (χ3n) is 4.46. The standard InChI is InChI=1S/C19H23FN4O/c20-17-7-4-9-21-18(17)15-22-19(25)24-13-11-23(12-14-24)10-8-16-5-2-1-3-6-16/h1-7,9H,8,10-15H2,(H,22,25). The molecule has 1 aliphatic heterocycles. The van der Waals surface area contributed by atoms with Crippen molar-refractivity contribution in [2.24, 2.45) is 0 Å². The molecule has 132 valence electrons. The largest absolute Gasteiger partial charge is 0.332 e. The van der Waals surface area contributed by atoms with E-state index in [9.17, 15) is 9.18 Å². The Bertz CT molecular complexity index is 687. The number of hydrogen-bond acceptors (Lipinski definition) is 3. The molecular weight excluding hydrogens is 319 g/mol. The van der Waals surface area contributed by atoms with E-state index in [-0.39, 0.29) is 18.3 Å². The Morgan fingerprint density at radius 3 is 2.56 bits per heavy atom. The Labute approximate surface area is 147 Å². The average Bonchev–Trinajstić information content (AvgIpc) is 2.67. The van der Waals surface area contributed by atoms with Crippen LogP contribution in [-0.4, -0.2) is 53.5 Å². The fourth-order valence-corrected chi connectivity index (χ4v) is 2.93. The molecule has 1 saturated heterocycles. The van der Waals surface area contributed by atoms with Gasteiger partial charge in [-0.05, 0) is 24.1 Å². The fourth-order valence-electron chi connectivity index (χ4n) is 2.93. The van der Waals surface area contributed by atoms with Gasteiger partial charge in [0.25, 0.3) is 0 Å². The van der Waals surface area contributed by atoms with Crippen LogP contribution in [0.1, 0.15) is 11.3 Å². The summed E-state index contributed by atoms with van der Waals surface area (Å²) in [7, 11) is 0. The number of nitrogens with one attached hydrogen (secondary N) is 1. The molecule has 25 heavy (non-hydrogen) atoms. The number of hydrogen-bond donors (Lipinski definition) is 1. The normalized spacial score (nSPS) is 15.2. The summed E-state index contributed by atoms with van der Waals surface area (Å²) in [5.41, 5.74) is 1.59. The lowest BCUT2D eigenvalue weighted by molar-refractivity contribution is 0.139. The zero-order valence-electron chi connectivity index (χ0n) is 14.2. The second kappa shape index (κ2) is 8.58. The smallest absolute Gasteiger partial charge is 0.317 e. The first kappa shape index (κ1) is 17.4. The molecule has 2 heterocycles. The summed E-state index contributed by atoms with van der Waals surface area (Å²) in [4.78, 5) is 20.3. The molecule has 0 saturated carbocycles. The van der Waals surface area contributed by atoms with Crippen LogP contribution in [0.3, 0.4) is 0 Å². The van der Waals surface area contributed by atoms with Crippen LogP contribution in [0.2, 0.25) is 0 Å². The highest BCUT2D eigenvalue weighted by Gasteiger charge is 2.20. The number of benzene rings is 1. The van der Waals surface area contributed by atoms with Gasteiger partial charge in [0.05, 0.1) is 12.2 Å². The van der Waals surface area contributed by atoms with E-state index in [2.05, 4.69) is 39.5 Å². The van der Waals surface area contributed by atoms with E-state index < -0.39 is 5.82 Å². The quantitative estimate of drug-likeness (QED) is 0.907. The van der Waals surface area contributed by atoms with E-state index in [1.165, 1.54) is 23.9 Å². The Hall–Kier alpha value is -2.47. The molecular formula is C19H23FN4O. The number of pyridine rings is 1. The fraction of sp³-hybridized carbons (Fsp3) is 0.368. The Balaban J connectivity index is 1.39. The van der Waals surface area contributed by atoms with Crippen LogP contribution < -0.4 is 5.32 Å². The molecule has 0 atom stereocenters. The van der Waals surface area contributed by atoms with Crippen LogP contribution in [0.25, 0.3) is 0 Å². The van der Waals surface area contributed by atoms with E-state index in [0.717, 1.165) is 26.1 Å². The number of urea groups is 1. The Morgan fingerprint density at radius 2 is 1.84 bits per heavy atom. The predicted octanol–water partition coefficient (Wildman–Crippen LogP) is 2.29. The minimum atomic E-state index is -0.395.